The molecule has 0 aromatic heterocycles. The number of hydrogen-bond acceptors (Lipinski definition) is 4. The standard InChI is InChI=1S/C25H42O4/c1-4-7-9-11-12-13-14-16-19-28-22-17-18-23(25(26)27-6-3)24(21-22)29-20-15-10-8-5-2/h17-18,21H,4-16,19-20H2,1-3H3. The van der Waals surface area contributed by atoms with Gasteiger partial charge < -0.3 is 14.2 Å². The van der Waals surface area contributed by atoms with Crippen LogP contribution in [-0.2, 0) is 4.74 Å². The fraction of sp³-hybridized carbons (Fsp3) is 0.720. The zero-order valence-corrected chi connectivity index (χ0v) is 19.0. The summed E-state index contributed by atoms with van der Waals surface area (Å²) in [6.07, 6.45) is 14.7. The molecular formula is C25H42O4. The predicted octanol–water partition coefficient (Wildman–Crippen LogP) is 7.34. The summed E-state index contributed by atoms with van der Waals surface area (Å²) in [4.78, 5) is 12.2. The first kappa shape index (κ1) is 25.3. The van der Waals surface area contributed by atoms with E-state index < -0.39 is 0 Å². The lowest BCUT2D eigenvalue weighted by molar-refractivity contribution is 0.0521. The number of unbranched alkanes of at least 4 members (excludes halogenated alkanes) is 10. The van der Waals surface area contributed by atoms with Gasteiger partial charge in [-0.3, -0.25) is 0 Å². The van der Waals surface area contributed by atoms with Gasteiger partial charge in [0.2, 0.25) is 0 Å². The van der Waals surface area contributed by atoms with Crippen LogP contribution in [0.5, 0.6) is 11.5 Å². The molecule has 4 nitrogen and oxygen atoms in total. The molecule has 0 radical (unpaired) electrons. The van der Waals surface area contributed by atoms with E-state index in [0.29, 0.717) is 31.1 Å². The first-order valence-electron chi connectivity index (χ1n) is 11.8. The molecule has 0 amide bonds. The van der Waals surface area contributed by atoms with Gasteiger partial charge in [-0.15, -0.1) is 0 Å². The van der Waals surface area contributed by atoms with Crippen molar-refractivity contribution in [1.82, 2.24) is 0 Å². The monoisotopic (exact) mass is 406 g/mol. The van der Waals surface area contributed by atoms with E-state index in [9.17, 15) is 4.79 Å². The lowest BCUT2D eigenvalue weighted by atomic mass is 10.1. The second-order valence-electron chi connectivity index (χ2n) is 7.61. The number of ether oxygens (including phenoxy) is 3. The Bertz CT molecular complexity index is 542. The molecule has 4 heteroatoms. The Balaban J connectivity index is 2.45. The molecule has 1 aromatic rings. The van der Waals surface area contributed by atoms with E-state index in [1.165, 1.54) is 57.8 Å². The number of benzene rings is 1. The predicted molar refractivity (Wildman–Crippen MR) is 120 cm³/mol. The molecule has 166 valence electrons. The van der Waals surface area contributed by atoms with Gasteiger partial charge in [-0.2, -0.15) is 0 Å². The molecule has 0 fully saturated rings. The zero-order chi connectivity index (χ0) is 21.2. The third kappa shape index (κ3) is 11.8. The normalized spacial score (nSPS) is 10.7. The van der Waals surface area contributed by atoms with Crippen LogP contribution in [0.15, 0.2) is 18.2 Å². The van der Waals surface area contributed by atoms with Crippen LogP contribution in [0.25, 0.3) is 0 Å². The van der Waals surface area contributed by atoms with E-state index in [1.807, 2.05) is 19.1 Å². The maximum atomic E-state index is 12.2. The fourth-order valence-electron chi connectivity index (χ4n) is 3.23. The molecular weight excluding hydrogens is 364 g/mol. The Morgan fingerprint density at radius 1 is 0.724 bits per heavy atom. The van der Waals surface area contributed by atoms with Crippen LogP contribution in [0.4, 0.5) is 0 Å². The summed E-state index contributed by atoms with van der Waals surface area (Å²) in [5.74, 6) is 0.976. The van der Waals surface area contributed by atoms with Crippen molar-refractivity contribution in [2.24, 2.45) is 0 Å². The minimum Gasteiger partial charge on any atom is -0.493 e. The van der Waals surface area contributed by atoms with Gasteiger partial charge in [0.25, 0.3) is 0 Å². The van der Waals surface area contributed by atoms with Crippen molar-refractivity contribution in [2.75, 3.05) is 19.8 Å². The minimum atomic E-state index is -0.342. The highest BCUT2D eigenvalue weighted by molar-refractivity contribution is 5.92. The largest absolute Gasteiger partial charge is 0.493 e. The minimum absolute atomic E-state index is 0.342. The molecule has 0 heterocycles. The van der Waals surface area contributed by atoms with Crippen LogP contribution in [0.3, 0.4) is 0 Å². The number of carbonyl (C=O) groups is 1. The van der Waals surface area contributed by atoms with Crippen LogP contribution < -0.4 is 9.47 Å². The van der Waals surface area contributed by atoms with Gasteiger partial charge in [0, 0.05) is 6.07 Å². The summed E-state index contributed by atoms with van der Waals surface area (Å²) in [5.41, 5.74) is 0.474. The molecule has 1 rings (SSSR count). The molecule has 0 unspecified atom stereocenters. The third-order valence-electron chi connectivity index (χ3n) is 4.97. The number of hydrogen-bond donors (Lipinski definition) is 0. The summed E-state index contributed by atoms with van der Waals surface area (Å²) in [5, 5.41) is 0. The summed E-state index contributed by atoms with van der Waals surface area (Å²) in [6.45, 7) is 7.90. The van der Waals surface area contributed by atoms with Gasteiger partial charge in [-0.1, -0.05) is 78.1 Å². The average molecular weight is 407 g/mol. The molecule has 0 N–H and O–H groups in total. The topological polar surface area (TPSA) is 44.8 Å². The van der Waals surface area contributed by atoms with Crippen molar-refractivity contribution in [3.63, 3.8) is 0 Å². The highest BCUT2D eigenvalue weighted by Gasteiger charge is 2.15. The van der Waals surface area contributed by atoms with E-state index >= 15 is 0 Å². The van der Waals surface area contributed by atoms with E-state index in [2.05, 4.69) is 13.8 Å². The Kier molecular flexibility index (Phi) is 15.0. The lowest BCUT2D eigenvalue weighted by Gasteiger charge is -2.13. The SMILES string of the molecule is CCCCCCCCCCOc1ccc(C(=O)OCC)c(OCCCCCC)c1. The maximum Gasteiger partial charge on any atom is 0.341 e. The Morgan fingerprint density at radius 3 is 1.90 bits per heavy atom. The quantitative estimate of drug-likeness (QED) is 0.189. The van der Waals surface area contributed by atoms with Gasteiger partial charge in [0.1, 0.15) is 17.1 Å². The second-order valence-corrected chi connectivity index (χ2v) is 7.61. The van der Waals surface area contributed by atoms with E-state index in [0.717, 1.165) is 25.0 Å². The molecule has 0 atom stereocenters. The number of rotatable bonds is 18. The second kappa shape index (κ2) is 17.2. The van der Waals surface area contributed by atoms with Crippen molar-refractivity contribution in [3.05, 3.63) is 23.8 Å². The molecule has 0 bridgehead atoms. The van der Waals surface area contributed by atoms with Crippen molar-refractivity contribution in [1.29, 1.82) is 0 Å². The molecule has 29 heavy (non-hydrogen) atoms. The fourth-order valence-corrected chi connectivity index (χ4v) is 3.23. The highest BCUT2D eigenvalue weighted by Crippen LogP contribution is 2.26. The van der Waals surface area contributed by atoms with Crippen LogP contribution in [0, 0.1) is 0 Å². The Hall–Kier alpha value is -1.71. The van der Waals surface area contributed by atoms with Gasteiger partial charge in [-0.05, 0) is 31.9 Å². The van der Waals surface area contributed by atoms with Gasteiger partial charge in [0.15, 0.2) is 0 Å². The molecule has 0 spiro atoms. The molecule has 0 aliphatic carbocycles. The summed E-state index contributed by atoms with van der Waals surface area (Å²) < 4.78 is 17.0. The number of carbonyl (C=O) groups excluding carboxylic acids is 1. The van der Waals surface area contributed by atoms with Gasteiger partial charge in [-0.25, -0.2) is 4.79 Å². The smallest absolute Gasteiger partial charge is 0.341 e. The molecule has 0 aliphatic heterocycles. The average Bonchev–Trinajstić information content (AvgIpc) is 2.72. The molecule has 0 saturated carbocycles. The van der Waals surface area contributed by atoms with Crippen LogP contribution in [0.1, 0.15) is 108 Å². The molecule has 0 saturated heterocycles. The lowest BCUT2D eigenvalue weighted by Crippen LogP contribution is -2.09. The first-order chi connectivity index (χ1) is 14.2. The first-order valence-corrected chi connectivity index (χ1v) is 11.8. The van der Waals surface area contributed by atoms with Crippen molar-refractivity contribution >= 4 is 5.97 Å². The maximum absolute atomic E-state index is 12.2. The van der Waals surface area contributed by atoms with E-state index in [4.69, 9.17) is 14.2 Å². The highest BCUT2D eigenvalue weighted by atomic mass is 16.5. The molecule has 1 aromatic carbocycles. The van der Waals surface area contributed by atoms with Gasteiger partial charge in [0.05, 0.1) is 19.8 Å². The van der Waals surface area contributed by atoms with E-state index in [-0.39, 0.29) is 5.97 Å². The van der Waals surface area contributed by atoms with Crippen LogP contribution >= 0.6 is 0 Å². The summed E-state index contributed by atoms with van der Waals surface area (Å²) in [6, 6.07) is 5.42. The third-order valence-corrected chi connectivity index (χ3v) is 4.97. The number of esters is 1. The van der Waals surface area contributed by atoms with Crippen molar-refractivity contribution in [3.8, 4) is 11.5 Å². The summed E-state index contributed by atoms with van der Waals surface area (Å²) >= 11 is 0. The van der Waals surface area contributed by atoms with Crippen LogP contribution in [0.2, 0.25) is 0 Å². The van der Waals surface area contributed by atoms with E-state index in [1.54, 1.807) is 6.07 Å². The zero-order valence-electron chi connectivity index (χ0n) is 19.0. The van der Waals surface area contributed by atoms with Crippen molar-refractivity contribution in [2.45, 2.75) is 97.8 Å². The Morgan fingerprint density at radius 2 is 1.28 bits per heavy atom. The summed E-state index contributed by atoms with van der Waals surface area (Å²) in [7, 11) is 0. The molecule has 0 aliphatic rings. The Labute approximate surface area is 178 Å². The van der Waals surface area contributed by atoms with Crippen molar-refractivity contribution < 1.29 is 19.0 Å². The van der Waals surface area contributed by atoms with Crippen LogP contribution in [-0.4, -0.2) is 25.8 Å². The van der Waals surface area contributed by atoms with Gasteiger partial charge >= 0.3 is 5.97 Å².